The Morgan fingerprint density at radius 3 is 2.11 bits per heavy atom. The van der Waals surface area contributed by atoms with Crippen LogP contribution in [-0.2, 0) is 23.7 Å². The van der Waals surface area contributed by atoms with Crippen LogP contribution in [0, 0.1) is 0 Å². The van der Waals surface area contributed by atoms with Crippen molar-refractivity contribution in [1.82, 2.24) is 0 Å². The fourth-order valence-electron chi connectivity index (χ4n) is 5.82. The highest BCUT2D eigenvalue weighted by Crippen LogP contribution is 2.38. The van der Waals surface area contributed by atoms with E-state index >= 15 is 0 Å². The Morgan fingerprint density at radius 2 is 1.43 bits per heavy atom. The maximum Gasteiger partial charge on any atom is 0.330 e. The standard InChI is InChI=1S/C36H36O17/c1-15-26(42)30(46)34(53-35-31(47)29(45)27(43)23(51-35)14-48-24(41)11-4-16-2-7-18(37)8-3-16)36(49-15)52-33-28(44)25-21(40)12-20(39)13-22(25)50-32(33)17-5-9-19(38)10-6-17/h2-13,15,23,26-27,29-31,34-40,42-43,45-47H,14H2,1H3/t15-,23-,26+,27+,29+,30+,31-,34+,35+,36-/m0/s1. The van der Waals surface area contributed by atoms with Gasteiger partial charge in [-0.05, 0) is 55.0 Å². The van der Waals surface area contributed by atoms with Crippen LogP contribution in [0.15, 0.2) is 76.0 Å². The summed E-state index contributed by atoms with van der Waals surface area (Å²) in [5.41, 5.74) is -0.454. The average Bonchev–Trinajstić information content (AvgIpc) is 3.12. The second-order valence-corrected chi connectivity index (χ2v) is 12.5. The van der Waals surface area contributed by atoms with E-state index in [2.05, 4.69) is 0 Å². The Balaban J connectivity index is 1.27. The predicted molar refractivity (Wildman–Crippen MR) is 180 cm³/mol. The third kappa shape index (κ3) is 7.92. The van der Waals surface area contributed by atoms with Crippen molar-refractivity contribution in [2.45, 2.75) is 68.3 Å². The molecule has 17 nitrogen and oxygen atoms in total. The van der Waals surface area contributed by atoms with Gasteiger partial charge in [-0.25, -0.2) is 4.79 Å². The first-order valence-electron chi connectivity index (χ1n) is 16.2. The van der Waals surface area contributed by atoms with Gasteiger partial charge in [-0.1, -0.05) is 12.1 Å². The van der Waals surface area contributed by atoms with E-state index in [1.807, 2.05) is 0 Å². The molecule has 2 fully saturated rings. The van der Waals surface area contributed by atoms with Gasteiger partial charge in [0.25, 0.3) is 0 Å². The molecular weight excluding hydrogens is 704 g/mol. The van der Waals surface area contributed by atoms with Crippen molar-refractivity contribution < 1.29 is 78.9 Å². The van der Waals surface area contributed by atoms with Crippen molar-refractivity contribution in [1.29, 1.82) is 0 Å². The zero-order chi connectivity index (χ0) is 38.1. The SMILES string of the molecule is C[C@@H]1O[C@@H](Oc2c(-c3ccc(O)cc3)oc3cc(O)cc(O)c3c2=O)[C@H](O[C@H]2O[C@@H](COC(=O)C=Cc3ccc(O)cc3)[C@@H](O)[C@@H](O)[C@@H]2O)[C@H](O)[C@@H]1O. The van der Waals surface area contributed by atoms with Crippen LogP contribution in [0.25, 0.3) is 28.4 Å². The number of carbonyl (C=O) groups is 1. The second kappa shape index (κ2) is 15.4. The Bertz CT molecular complexity index is 2010. The van der Waals surface area contributed by atoms with Crippen LogP contribution in [-0.4, -0.2) is 120 Å². The van der Waals surface area contributed by atoms with Crippen LogP contribution in [0.4, 0.5) is 0 Å². The zero-order valence-corrected chi connectivity index (χ0v) is 27.7. The number of carbonyl (C=O) groups excluding carboxylic acids is 1. The lowest BCUT2D eigenvalue weighted by Crippen LogP contribution is -2.64. The molecule has 10 atom stereocenters. The van der Waals surface area contributed by atoms with E-state index < -0.39 is 102 Å². The van der Waals surface area contributed by atoms with Gasteiger partial charge in [0.1, 0.15) is 77.2 Å². The normalized spacial score (nSPS) is 28.9. The van der Waals surface area contributed by atoms with Crippen molar-refractivity contribution in [3.8, 4) is 40.1 Å². The van der Waals surface area contributed by atoms with Gasteiger partial charge in [0.05, 0.1) is 6.10 Å². The quantitative estimate of drug-likeness (QED) is 0.0838. The maximum absolute atomic E-state index is 13.9. The van der Waals surface area contributed by atoms with Crippen molar-refractivity contribution in [3.63, 3.8) is 0 Å². The molecular formula is C36H36O17. The number of esters is 1. The molecule has 0 unspecified atom stereocenters. The van der Waals surface area contributed by atoms with Crippen molar-refractivity contribution in [2.24, 2.45) is 0 Å². The van der Waals surface area contributed by atoms with Crippen LogP contribution < -0.4 is 10.2 Å². The highest BCUT2D eigenvalue weighted by Gasteiger charge is 2.51. The van der Waals surface area contributed by atoms with Gasteiger partial charge in [-0.15, -0.1) is 0 Å². The molecule has 4 aromatic rings. The summed E-state index contributed by atoms with van der Waals surface area (Å²) in [7, 11) is 0. The van der Waals surface area contributed by atoms with E-state index in [9.17, 15) is 55.5 Å². The topological polar surface area (TPSA) is 275 Å². The number of hydrogen-bond donors (Lipinski definition) is 9. The number of ether oxygens (including phenoxy) is 5. The highest BCUT2D eigenvalue weighted by atomic mass is 16.8. The predicted octanol–water partition coefficient (Wildman–Crippen LogP) is 0.577. The van der Waals surface area contributed by atoms with Crippen LogP contribution in [0.5, 0.6) is 28.7 Å². The molecule has 17 heteroatoms. The van der Waals surface area contributed by atoms with E-state index in [1.165, 1.54) is 49.4 Å². The lowest BCUT2D eigenvalue weighted by Gasteiger charge is -2.45. The highest BCUT2D eigenvalue weighted by molar-refractivity contribution is 5.88. The number of hydrogen-bond acceptors (Lipinski definition) is 17. The summed E-state index contributed by atoms with van der Waals surface area (Å²) in [5.74, 6) is -2.90. The Hall–Kier alpha value is -5.24. The minimum Gasteiger partial charge on any atom is -0.508 e. The molecule has 0 spiro atoms. The Labute approximate surface area is 299 Å². The third-order valence-electron chi connectivity index (χ3n) is 8.72. The maximum atomic E-state index is 13.9. The number of benzene rings is 3. The fraction of sp³-hybridized carbons (Fsp3) is 0.333. The summed E-state index contributed by atoms with van der Waals surface area (Å²) in [4.78, 5) is 26.3. The average molecular weight is 741 g/mol. The first-order valence-corrected chi connectivity index (χ1v) is 16.2. The van der Waals surface area contributed by atoms with E-state index in [0.717, 1.165) is 18.2 Å². The smallest absolute Gasteiger partial charge is 0.330 e. The number of aromatic hydroxyl groups is 4. The molecule has 282 valence electrons. The number of aliphatic hydroxyl groups is 5. The van der Waals surface area contributed by atoms with E-state index in [1.54, 1.807) is 12.1 Å². The molecule has 2 saturated heterocycles. The van der Waals surface area contributed by atoms with Gasteiger partial charge in [0, 0.05) is 23.8 Å². The molecule has 0 saturated carbocycles. The van der Waals surface area contributed by atoms with E-state index in [-0.39, 0.29) is 28.4 Å². The summed E-state index contributed by atoms with van der Waals surface area (Å²) >= 11 is 0. The van der Waals surface area contributed by atoms with E-state index in [4.69, 9.17) is 28.1 Å². The minimum atomic E-state index is -1.97. The van der Waals surface area contributed by atoms with Gasteiger partial charge < -0.3 is 74.1 Å². The summed E-state index contributed by atoms with van der Waals surface area (Å²) in [6.45, 7) is 0.741. The largest absolute Gasteiger partial charge is 0.508 e. The number of phenols is 4. The zero-order valence-electron chi connectivity index (χ0n) is 27.7. The molecule has 3 heterocycles. The van der Waals surface area contributed by atoms with Crippen LogP contribution >= 0.6 is 0 Å². The van der Waals surface area contributed by atoms with Gasteiger partial charge in [0.2, 0.25) is 17.5 Å². The van der Waals surface area contributed by atoms with Gasteiger partial charge >= 0.3 is 5.97 Å². The van der Waals surface area contributed by atoms with Crippen molar-refractivity contribution in [3.05, 3.63) is 82.5 Å². The summed E-state index contributed by atoms with van der Waals surface area (Å²) in [5, 5.41) is 93.4. The molecule has 0 radical (unpaired) electrons. The molecule has 9 N–H and O–H groups in total. The van der Waals surface area contributed by atoms with Gasteiger partial charge in [0.15, 0.2) is 18.2 Å². The molecule has 0 amide bonds. The summed E-state index contributed by atoms with van der Waals surface area (Å²) in [6.07, 6.45) is -14.8. The lowest BCUT2D eigenvalue weighted by atomic mass is 9.97. The molecule has 2 aliphatic heterocycles. The summed E-state index contributed by atoms with van der Waals surface area (Å²) in [6, 6.07) is 13.2. The molecule has 53 heavy (non-hydrogen) atoms. The van der Waals surface area contributed by atoms with Crippen molar-refractivity contribution >= 4 is 23.0 Å². The number of rotatable bonds is 9. The summed E-state index contributed by atoms with van der Waals surface area (Å²) < 4.78 is 34.3. The third-order valence-corrected chi connectivity index (χ3v) is 8.72. The molecule has 0 bridgehead atoms. The molecule has 0 aliphatic carbocycles. The number of fused-ring (bicyclic) bond motifs is 1. The Kier molecular flexibility index (Phi) is 10.9. The molecule has 6 rings (SSSR count). The lowest BCUT2D eigenvalue weighted by molar-refractivity contribution is -0.355. The molecule has 3 aromatic carbocycles. The fourth-order valence-corrected chi connectivity index (χ4v) is 5.82. The number of aliphatic hydroxyl groups excluding tert-OH is 5. The first-order chi connectivity index (χ1) is 25.2. The van der Waals surface area contributed by atoms with Crippen LogP contribution in [0.1, 0.15) is 12.5 Å². The minimum absolute atomic E-state index is 0.0280. The molecule has 2 aliphatic rings. The van der Waals surface area contributed by atoms with Gasteiger partial charge in [-0.3, -0.25) is 4.79 Å². The number of phenolic OH excluding ortho intramolecular Hbond substituents is 4. The van der Waals surface area contributed by atoms with Crippen molar-refractivity contribution in [2.75, 3.05) is 6.61 Å². The first kappa shape index (κ1) is 37.5. The van der Waals surface area contributed by atoms with Crippen LogP contribution in [0.2, 0.25) is 0 Å². The van der Waals surface area contributed by atoms with Gasteiger partial charge in [-0.2, -0.15) is 0 Å². The molecule has 1 aromatic heterocycles. The van der Waals surface area contributed by atoms with E-state index in [0.29, 0.717) is 5.56 Å². The monoisotopic (exact) mass is 740 g/mol. The Morgan fingerprint density at radius 1 is 0.774 bits per heavy atom. The second-order valence-electron chi connectivity index (χ2n) is 12.5. The van der Waals surface area contributed by atoms with Crippen LogP contribution in [0.3, 0.4) is 0 Å².